The first-order valence-electron chi connectivity index (χ1n) is 10.3. The van der Waals surface area contributed by atoms with Gasteiger partial charge in [0.1, 0.15) is 6.10 Å². The van der Waals surface area contributed by atoms with E-state index >= 15 is 0 Å². The Balaban J connectivity index is 1.59. The van der Waals surface area contributed by atoms with E-state index in [9.17, 15) is 9.59 Å². The third-order valence-corrected chi connectivity index (χ3v) is 8.72. The summed E-state index contributed by atoms with van der Waals surface area (Å²) in [6.45, 7) is 7.26. The van der Waals surface area contributed by atoms with E-state index in [4.69, 9.17) is 4.74 Å². The lowest BCUT2D eigenvalue weighted by atomic mass is 9.47. The molecule has 0 bridgehead atoms. The monoisotopic (exact) mass is 347 g/mol. The van der Waals surface area contributed by atoms with Crippen molar-refractivity contribution in [2.45, 2.75) is 78.2 Å². The van der Waals surface area contributed by atoms with Gasteiger partial charge >= 0.3 is 5.97 Å². The van der Waals surface area contributed by atoms with Crippen LogP contribution < -0.4 is 5.32 Å². The number of hydrogen-bond donors (Lipinski definition) is 1. The van der Waals surface area contributed by atoms with Crippen molar-refractivity contribution in [1.29, 1.82) is 0 Å². The lowest BCUT2D eigenvalue weighted by molar-refractivity contribution is -0.159. The molecule has 1 heterocycles. The maximum Gasteiger partial charge on any atom is 0.302 e. The molecule has 7 atom stereocenters. The number of amides is 1. The van der Waals surface area contributed by atoms with Crippen molar-refractivity contribution >= 4 is 11.9 Å². The largest absolute Gasteiger partial charge is 0.462 e. The molecule has 4 heteroatoms. The van der Waals surface area contributed by atoms with Crippen molar-refractivity contribution in [3.63, 3.8) is 0 Å². The molecule has 0 radical (unpaired) electrons. The van der Waals surface area contributed by atoms with Crippen LogP contribution in [0.25, 0.3) is 0 Å². The Morgan fingerprint density at radius 3 is 2.56 bits per heavy atom. The number of carbonyl (C=O) groups is 2. The third-order valence-electron chi connectivity index (χ3n) is 8.72. The van der Waals surface area contributed by atoms with Gasteiger partial charge < -0.3 is 10.1 Å². The van der Waals surface area contributed by atoms with E-state index in [2.05, 4.69) is 19.2 Å². The lowest BCUT2D eigenvalue weighted by Crippen LogP contribution is -2.53. The molecule has 3 saturated carbocycles. The summed E-state index contributed by atoms with van der Waals surface area (Å²) in [6.07, 6.45) is 9.00. The molecule has 4 aliphatic rings. The van der Waals surface area contributed by atoms with Gasteiger partial charge in [0.05, 0.1) is 0 Å². The molecule has 0 spiro atoms. The Hall–Kier alpha value is -1.06. The first-order valence-corrected chi connectivity index (χ1v) is 10.3. The maximum atomic E-state index is 11.9. The highest BCUT2D eigenvalue weighted by atomic mass is 16.5. The van der Waals surface area contributed by atoms with Crippen LogP contribution in [-0.4, -0.2) is 24.5 Å². The first kappa shape index (κ1) is 17.4. The van der Waals surface area contributed by atoms with E-state index in [0.717, 1.165) is 31.2 Å². The van der Waals surface area contributed by atoms with Gasteiger partial charge in [-0.25, -0.2) is 0 Å². The van der Waals surface area contributed by atoms with Crippen molar-refractivity contribution in [2.75, 3.05) is 6.54 Å². The average Bonchev–Trinajstić information content (AvgIpc) is 2.79. The third kappa shape index (κ3) is 2.62. The Morgan fingerprint density at radius 2 is 1.80 bits per heavy atom. The highest BCUT2D eigenvalue weighted by Gasteiger charge is 2.60. The van der Waals surface area contributed by atoms with Gasteiger partial charge in [0.15, 0.2) is 0 Å². The summed E-state index contributed by atoms with van der Waals surface area (Å²) < 4.78 is 5.74. The summed E-state index contributed by atoms with van der Waals surface area (Å²) in [5.74, 6) is 2.90. The highest BCUT2D eigenvalue weighted by molar-refractivity contribution is 5.76. The summed E-state index contributed by atoms with van der Waals surface area (Å²) >= 11 is 0. The SMILES string of the molecule is CC(=O)O[C@H]1CCC2C3CC[C@H]4CNC(=O)CCC4(C)C3CCC21C. The van der Waals surface area contributed by atoms with Crippen molar-refractivity contribution < 1.29 is 14.3 Å². The van der Waals surface area contributed by atoms with E-state index in [1.165, 1.54) is 32.1 Å². The molecular weight excluding hydrogens is 314 g/mol. The molecule has 1 amide bonds. The van der Waals surface area contributed by atoms with Crippen LogP contribution in [-0.2, 0) is 14.3 Å². The maximum absolute atomic E-state index is 11.9. The Bertz CT molecular complexity index is 575. The van der Waals surface area contributed by atoms with Crippen molar-refractivity contribution in [3.8, 4) is 0 Å². The quantitative estimate of drug-likeness (QED) is 0.736. The number of ether oxygens (including phenoxy) is 1. The zero-order chi connectivity index (χ0) is 17.8. The molecule has 1 aliphatic heterocycles. The highest BCUT2D eigenvalue weighted by Crippen LogP contribution is 2.65. The summed E-state index contributed by atoms with van der Waals surface area (Å²) in [6, 6.07) is 0. The van der Waals surface area contributed by atoms with Crippen LogP contribution in [0.15, 0.2) is 0 Å². The minimum Gasteiger partial charge on any atom is -0.462 e. The normalized spacial score (nSPS) is 49.2. The fourth-order valence-electron chi connectivity index (χ4n) is 7.31. The number of nitrogens with one attached hydrogen (secondary N) is 1. The Labute approximate surface area is 151 Å². The molecular formula is C21H33NO3. The number of esters is 1. The van der Waals surface area contributed by atoms with E-state index in [1.807, 2.05) is 0 Å². The van der Waals surface area contributed by atoms with Crippen molar-refractivity contribution in [1.82, 2.24) is 5.32 Å². The van der Waals surface area contributed by atoms with Gasteiger partial charge in [-0.1, -0.05) is 13.8 Å². The summed E-state index contributed by atoms with van der Waals surface area (Å²) in [7, 11) is 0. The molecule has 3 aliphatic carbocycles. The van der Waals surface area contributed by atoms with Gasteiger partial charge in [0.2, 0.25) is 5.91 Å². The van der Waals surface area contributed by atoms with Crippen LogP contribution in [0.1, 0.15) is 72.1 Å². The molecule has 0 aromatic rings. The van der Waals surface area contributed by atoms with Gasteiger partial charge in [-0.05, 0) is 74.0 Å². The van der Waals surface area contributed by atoms with E-state index in [1.54, 1.807) is 6.92 Å². The summed E-state index contributed by atoms with van der Waals surface area (Å²) in [5, 5.41) is 3.15. The first-order chi connectivity index (χ1) is 11.8. The average molecular weight is 347 g/mol. The zero-order valence-corrected chi connectivity index (χ0v) is 16.0. The van der Waals surface area contributed by atoms with Gasteiger partial charge in [0.25, 0.3) is 0 Å². The van der Waals surface area contributed by atoms with Crippen LogP contribution in [0.5, 0.6) is 0 Å². The molecule has 4 rings (SSSR count). The van der Waals surface area contributed by atoms with Gasteiger partial charge in [0, 0.05) is 25.3 Å². The standard InChI is InChI=1S/C21H33NO3/c1-13(23)25-18-7-6-16-15-5-4-14-12-22-19(24)9-11-20(14,2)17(15)8-10-21(16,18)3/h14-18H,4-12H2,1-3H3,(H,22,24)/t14-,15?,16?,17?,18-,20?,21?/m0/s1. The molecule has 0 aromatic carbocycles. The van der Waals surface area contributed by atoms with Gasteiger partial charge in [-0.3, -0.25) is 9.59 Å². The predicted octanol–water partition coefficient (Wildman–Crippen LogP) is 3.69. The molecule has 4 nitrogen and oxygen atoms in total. The second-order valence-electron chi connectivity index (χ2n) is 9.68. The minimum absolute atomic E-state index is 0.110. The predicted molar refractivity (Wildman–Crippen MR) is 95.7 cm³/mol. The molecule has 25 heavy (non-hydrogen) atoms. The Morgan fingerprint density at radius 1 is 1.04 bits per heavy atom. The van der Waals surface area contributed by atoms with Crippen LogP contribution in [0, 0.1) is 34.5 Å². The Kier molecular flexibility index (Phi) is 4.16. The van der Waals surface area contributed by atoms with Crippen molar-refractivity contribution in [3.05, 3.63) is 0 Å². The van der Waals surface area contributed by atoms with Crippen molar-refractivity contribution in [2.24, 2.45) is 34.5 Å². The number of rotatable bonds is 1. The molecule has 0 aromatic heterocycles. The minimum atomic E-state index is -0.127. The van der Waals surface area contributed by atoms with Gasteiger partial charge in [-0.2, -0.15) is 0 Å². The van der Waals surface area contributed by atoms with Crippen LogP contribution in [0.2, 0.25) is 0 Å². The van der Waals surface area contributed by atoms with E-state index < -0.39 is 0 Å². The van der Waals surface area contributed by atoms with Gasteiger partial charge in [-0.15, -0.1) is 0 Å². The van der Waals surface area contributed by atoms with Crippen LogP contribution in [0.4, 0.5) is 0 Å². The molecule has 5 unspecified atom stereocenters. The zero-order valence-electron chi connectivity index (χ0n) is 16.0. The fourth-order valence-corrected chi connectivity index (χ4v) is 7.31. The summed E-state index contributed by atoms with van der Waals surface area (Å²) in [4.78, 5) is 23.5. The number of hydrogen-bond acceptors (Lipinski definition) is 3. The molecule has 140 valence electrons. The molecule has 1 N–H and O–H groups in total. The summed E-state index contributed by atoms with van der Waals surface area (Å²) in [5.41, 5.74) is 0.456. The topological polar surface area (TPSA) is 55.4 Å². The lowest BCUT2D eigenvalue weighted by Gasteiger charge is -2.58. The van der Waals surface area contributed by atoms with Crippen LogP contribution in [0.3, 0.4) is 0 Å². The second-order valence-corrected chi connectivity index (χ2v) is 9.68. The number of fused-ring (bicyclic) bond motifs is 5. The molecule has 1 saturated heterocycles. The van der Waals surface area contributed by atoms with E-state index in [-0.39, 0.29) is 23.4 Å². The fraction of sp³-hybridized carbons (Fsp3) is 0.905. The smallest absolute Gasteiger partial charge is 0.302 e. The van der Waals surface area contributed by atoms with Crippen LogP contribution >= 0.6 is 0 Å². The van der Waals surface area contributed by atoms with E-state index in [0.29, 0.717) is 23.7 Å². The second kappa shape index (κ2) is 5.99. The number of carbonyl (C=O) groups excluding carboxylic acids is 2. The molecule has 4 fully saturated rings.